The zero-order valence-corrected chi connectivity index (χ0v) is 19.2. The second kappa shape index (κ2) is 11.1. The number of hydrogen-bond acceptors (Lipinski definition) is 7. The van der Waals surface area contributed by atoms with Crippen LogP contribution in [0.1, 0.15) is 37.8 Å². The molecule has 0 spiro atoms. The van der Waals surface area contributed by atoms with E-state index in [0.717, 1.165) is 10.5 Å². The summed E-state index contributed by atoms with van der Waals surface area (Å²) in [7, 11) is 0. The average molecular weight is 472 g/mol. The van der Waals surface area contributed by atoms with Crippen LogP contribution in [-0.4, -0.2) is 51.7 Å². The Hall–Kier alpha value is -4.15. The van der Waals surface area contributed by atoms with Gasteiger partial charge in [0.15, 0.2) is 0 Å². The number of nitro benzene ring substituents is 1. The molecule has 0 unspecified atom stereocenters. The Morgan fingerprint density at radius 3 is 2.21 bits per heavy atom. The van der Waals surface area contributed by atoms with Crippen LogP contribution in [0.2, 0.25) is 0 Å². The van der Waals surface area contributed by atoms with E-state index in [1.54, 1.807) is 32.9 Å². The summed E-state index contributed by atoms with van der Waals surface area (Å²) in [5.74, 6) is -1.66. The van der Waals surface area contributed by atoms with Gasteiger partial charge in [0.1, 0.15) is 11.4 Å². The number of carbonyl (C=O) groups excluding carboxylic acids is 3. The second-order valence-electron chi connectivity index (χ2n) is 8.53. The number of imide groups is 1. The molecule has 11 heteroatoms. The number of nitrogens with one attached hydrogen (secondary N) is 1. The number of non-ortho nitro benzene ring substituents is 1. The van der Waals surface area contributed by atoms with Crippen LogP contribution in [0, 0.1) is 10.1 Å². The van der Waals surface area contributed by atoms with Gasteiger partial charge in [0.2, 0.25) is 5.91 Å². The Labute approximate surface area is 196 Å². The molecular formula is C23H28N4O7. The van der Waals surface area contributed by atoms with Crippen LogP contribution in [0.3, 0.4) is 0 Å². The Balaban J connectivity index is 2.26. The lowest BCUT2D eigenvalue weighted by Crippen LogP contribution is -2.47. The van der Waals surface area contributed by atoms with Crippen LogP contribution in [0.4, 0.5) is 15.3 Å². The topological polar surface area (TPSA) is 165 Å². The van der Waals surface area contributed by atoms with Gasteiger partial charge in [0.25, 0.3) is 5.69 Å². The van der Waals surface area contributed by atoms with Crippen molar-refractivity contribution in [3.05, 3.63) is 69.8 Å². The molecule has 0 aliphatic carbocycles. The van der Waals surface area contributed by atoms with Crippen LogP contribution in [0.25, 0.3) is 0 Å². The van der Waals surface area contributed by atoms with Crippen LogP contribution in [0.15, 0.2) is 48.5 Å². The van der Waals surface area contributed by atoms with Gasteiger partial charge < -0.3 is 20.9 Å². The van der Waals surface area contributed by atoms with E-state index in [-0.39, 0.29) is 30.9 Å². The van der Waals surface area contributed by atoms with E-state index < -0.39 is 34.5 Å². The van der Waals surface area contributed by atoms with Crippen molar-refractivity contribution < 1.29 is 29.2 Å². The number of nitro groups is 1. The van der Waals surface area contributed by atoms with Crippen molar-refractivity contribution in [2.24, 2.45) is 5.73 Å². The Morgan fingerprint density at radius 1 is 1.12 bits per heavy atom. The number of amides is 4. The van der Waals surface area contributed by atoms with E-state index in [0.29, 0.717) is 5.56 Å². The molecule has 34 heavy (non-hydrogen) atoms. The molecule has 0 heterocycles. The Bertz CT molecular complexity index is 1030. The van der Waals surface area contributed by atoms with Crippen LogP contribution in [-0.2, 0) is 16.0 Å². The van der Waals surface area contributed by atoms with Crippen molar-refractivity contribution in [2.75, 3.05) is 13.1 Å². The number of alkyl carbamates (subject to hydrolysis) is 1. The van der Waals surface area contributed by atoms with Crippen molar-refractivity contribution in [1.82, 2.24) is 10.2 Å². The number of carbonyl (C=O) groups is 3. The summed E-state index contributed by atoms with van der Waals surface area (Å²) in [6.45, 7) is 4.78. The van der Waals surface area contributed by atoms with Gasteiger partial charge in [-0.15, -0.1) is 0 Å². The minimum Gasteiger partial charge on any atom is -0.508 e. The fourth-order valence-electron chi connectivity index (χ4n) is 3.10. The molecule has 11 nitrogen and oxygen atoms in total. The zero-order valence-electron chi connectivity index (χ0n) is 19.2. The third-order valence-electron chi connectivity index (χ3n) is 4.75. The molecule has 0 aliphatic heterocycles. The third kappa shape index (κ3) is 7.76. The van der Waals surface area contributed by atoms with E-state index in [1.807, 2.05) is 0 Å². The third-order valence-corrected chi connectivity index (χ3v) is 4.75. The smallest absolute Gasteiger partial charge is 0.407 e. The van der Waals surface area contributed by atoms with Crippen molar-refractivity contribution in [3.63, 3.8) is 0 Å². The van der Waals surface area contributed by atoms with Gasteiger partial charge in [-0.2, -0.15) is 0 Å². The lowest BCUT2D eigenvalue weighted by molar-refractivity contribution is -0.384. The number of rotatable bonds is 8. The number of nitrogens with two attached hydrogens (primary N) is 1. The first-order valence-corrected chi connectivity index (χ1v) is 10.5. The number of phenolic OH excluding ortho intramolecular Hbond substituents is 1. The highest BCUT2D eigenvalue weighted by atomic mass is 16.6. The maximum atomic E-state index is 13.3. The Morgan fingerprint density at radius 2 is 1.71 bits per heavy atom. The highest BCUT2D eigenvalue weighted by molar-refractivity contribution is 5.97. The van der Waals surface area contributed by atoms with Gasteiger partial charge in [0.05, 0.1) is 10.8 Å². The normalized spacial score (nSPS) is 11.9. The SMILES string of the molecule is CC(C)(C)OC(=O)NC[C@@H](C(=O)N(CCc1ccc(O)cc1)C(N)=O)c1ccc([N+](=O)[O-])cc1. The van der Waals surface area contributed by atoms with Gasteiger partial charge in [-0.25, -0.2) is 9.59 Å². The maximum Gasteiger partial charge on any atom is 0.407 e. The quantitative estimate of drug-likeness (QED) is 0.392. The van der Waals surface area contributed by atoms with Gasteiger partial charge in [0, 0.05) is 25.2 Å². The number of phenols is 1. The van der Waals surface area contributed by atoms with E-state index in [1.165, 1.54) is 36.4 Å². The summed E-state index contributed by atoms with van der Waals surface area (Å²) in [4.78, 5) is 48.8. The van der Waals surface area contributed by atoms with Crippen molar-refractivity contribution in [2.45, 2.75) is 38.7 Å². The highest BCUT2D eigenvalue weighted by Crippen LogP contribution is 2.22. The van der Waals surface area contributed by atoms with Crippen molar-refractivity contribution >= 4 is 23.7 Å². The molecule has 0 saturated carbocycles. The number of ether oxygens (including phenoxy) is 1. The molecule has 0 bridgehead atoms. The van der Waals surface area contributed by atoms with Crippen molar-refractivity contribution in [1.29, 1.82) is 0 Å². The first-order chi connectivity index (χ1) is 15.9. The standard InChI is InChI=1S/C23H28N4O7/c1-23(2,3)34-22(31)25-14-19(16-6-8-17(9-7-16)27(32)33)20(29)26(21(24)30)13-12-15-4-10-18(28)11-5-15/h4-11,19,28H,12-14H2,1-3H3,(H2,24,30)(H,25,31)/t19-/m1/s1. The average Bonchev–Trinajstić information content (AvgIpc) is 2.74. The molecule has 2 aromatic carbocycles. The lowest BCUT2D eigenvalue weighted by atomic mass is 9.96. The first kappa shape index (κ1) is 26.1. The van der Waals surface area contributed by atoms with Crippen molar-refractivity contribution in [3.8, 4) is 5.75 Å². The number of urea groups is 1. The largest absolute Gasteiger partial charge is 0.508 e. The first-order valence-electron chi connectivity index (χ1n) is 10.5. The summed E-state index contributed by atoms with van der Waals surface area (Å²) in [6.07, 6.45) is -0.483. The fraction of sp³-hybridized carbons (Fsp3) is 0.348. The Kier molecular flexibility index (Phi) is 8.54. The fourth-order valence-corrected chi connectivity index (χ4v) is 3.10. The minimum absolute atomic E-state index is 0.0468. The second-order valence-corrected chi connectivity index (χ2v) is 8.53. The highest BCUT2D eigenvalue weighted by Gasteiger charge is 2.30. The summed E-state index contributed by atoms with van der Waals surface area (Å²) >= 11 is 0. The van der Waals surface area contributed by atoms with Crippen LogP contribution in [0.5, 0.6) is 5.75 Å². The van der Waals surface area contributed by atoms with Crippen LogP contribution < -0.4 is 11.1 Å². The zero-order chi connectivity index (χ0) is 25.5. The minimum atomic E-state index is -1.05. The summed E-state index contributed by atoms with van der Waals surface area (Å²) < 4.78 is 5.20. The predicted octanol–water partition coefficient (Wildman–Crippen LogP) is 3.06. The van der Waals surface area contributed by atoms with Gasteiger partial charge in [-0.1, -0.05) is 24.3 Å². The molecule has 0 aromatic heterocycles. The summed E-state index contributed by atoms with van der Waals surface area (Å²) in [5, 5.41) is 22.9. The molecule has 2 rings (SSSR count). The molecule has 182 valence electrons. The molecule has 0 fully saturated rings. The molecule has 0 saturated heterocycles. The summed E-state index contributed by atoms with van der Waals surface area (Å²) in [5.41, 5.74) is 5.64. The lowest BCUT2D eigenvalue weighted by Gasteiger charge is -2.26. The molecule has 4 amide bonds. The van der Waals surface area contributed by atoms with E-state index >= 15 is 0 Å². The van der Waals surface area contributed by atoms with Crippen LogP contribution >= 0.6 is 0 Å². The molecule has 0 aliphatic rings. The molecule has 4 N–H and O–H groups in total. The van der Waals surface area contributed by atoms with E-state index in [2.05, 4.69) is 5.32 Å². The van der Waals surface area contributed by atoms with Gasteiger partial charge >= 0.3 is 12.1 Å². The monoisotopic (exact) mass is 472 g/mol. The molecule has 1 atom stereocenters. The van der Waals surface area contributed by atoms with Gasteiger partial charge in [-0.3, -0.25) is 19.8 Å². The van der Waals surface area contributed by atoms with E-state index in [9.17, 15) is 29.6 Å². The number of primary amides is 1. The molecule has 2 aromatic rings. The molecular weight excluding hydrogens is 444 g/mol. The predicted molar refractivity (Wildman–Crippen MR) is 123 cm³/mol. The van der Waals surface area contributed by atoms with Gasteiger partial charge in [-0.05, 0) is 50.5 Å². The summed E-state index contributed by atoms with van der Waals surface area (Å²) in [6, 6.07) is 10.5. The number of aromatic hydroxyl groups is 1. The van der Waals surface area contributed by atoms with E-state index in [4.69, 9.17) is 10.5 Å². The molecule has 0 radical (unpaired) electrons. The maximum absolute atomic E-state index is 13.3. The number of hydrogen-bond donors (Lipinski definition) is 3. The number of benzene rings is 2. The number of nitrogens with zero attached hydrogens (tertiary/aromatic N) is 2.